The van der Waals surface area contributed by atoms with Crippen molar-refractivity contribution in [1.29, 1.82) is 0 Å². The maximum Gasteiger partial charge on any atom is 0.0964 e. The van der Waals surface area contributed by atoms with Crippen molar-refractivity contribution in [1.82, 2.24) is 20.3 Å². The fourth-order valence-electron chi connectivity index (χ4n) is 1.87. The number of nitrogens with zero attached hydrogens (tertiary/aromatic N) is 3. The first-order valence-electron chi connectivity index (χ1n) is 6.31. The number of hydrogen-bond donors (Lipinski definition) is 1. The average molecular weight is 244 g/mol. The summed E-state index contributed by atoms with van der Waals surface area (Å²) >= 11 is 0. The van der Waals surface area contributed by atoms with E-state index in [2.05, 4.69) is 53.7 Å². The van der Waals surface area contributed by atoms with Gasteiger partial charge in [0.2, 0.25) is 0 Å². The Hall–Kier alpha value is -1.68. The van der Waals surface area contributed by atoms with Crippen molar-refractivity contribution < 1.29 is 0 Å². The van der Waals surface area contributed by atoms with Crippen LogP contribution in [0.3, 0.4) is 0 Å². The van der Waals surface area contributed by atoms with Gasteiger partial charge in [0.25, 0.3) is 0 Å². The highest BCUT2D eigenvalue weighted by atomic mass is 15.4. The molecule has 0 saturated heterocycles. The first-order valence-corrected chi connectivity index (χ1v) is 6.31. The Labute approximate surface area is 108 Å². The van der Waals surface area contributed by atoms with Gasteiger partial charge in [0.15, 0.2) is 0 Å². The van der Waals surface area contributed by atoms with Gasteiger partial charge in [-0.25, -0.2) is 4.68 Å². The van der Waals surface area contributed by atoms with Crippen LogP contribution in [0.25, 0.3) is 0 Å². The molecule has 0 aliphatic heterocycles. The topological polar surface area (TPSA) is 42.7 Å². The van der Waals surface area contributed by atoms with Crippen molar-refractivity contribution in [2.24, 2.45) is 0 Å². The molecule has 0 radical (unpaired) electrons. The molecule has 18 heavy (non-hydrogen) atoms. The van der Waals surface area contributed by atoms with Crippen LogP contribution in [-0.2, 0) is 13.1 Å². The molecule has 0 atom stereocenters. The van der Waals surface area contributed by atoms with Gasteiger partial charge in [0.05, 0.1) is 18.4 Å². The highest BCUT2D eigenvalue weighted by Crippen LogP contribution is 2.15. The smallest absolute Gasteiger partial charge is 0.0964 e. The van der Waals surface area contributed by atoms with E-state index in [-0.39, 0.29) is 0 Å². The summed E-state index contributed by atoms with van der Waals surface area (Å²) in [7, 11) is 1.91. The molecule has 2 rings (SSSR count). The third kappa shape index (κ3) is 3.17. The van der Waals surface area contributed by atoms with E-state index >= 15 is 0 Å². The van der Waals surface area contributed by atoms with Crippen molar-refractivity contribution in [3.05, 3.63) is 47.3 Å². The second kappa shape index (κ2) is 5.78. The molecule has 1 aromatic carbocycles. The lowest BCUT2D eigenvalue weighted by Crippen LogP contribution is -2.05. The van der Waals surface area contributed by atoms with Gasteiger partial charge in [-0.05, 0) is 24.1 Å². The van der Waals surface area contributed by atoms with E-state index in [1.54, 1.807) is 0 Å². The van der Waals surface area contributed by atoms with Gasteiger partial charge < -0.3 is 5.32 Å². The first-order chi connectivity index (χ1) is 8.69. The zero-order valence-corrected chi connectivity index (χ0v) is 11.2. The summed E-state index contributed by atoms with van der Waals surface area (Å²) in [5.41, 5.74) is 3.59. The van der Waals surface area contributed by atoms with Crippen LogP contribution in [-0.4, -0.2) is 22.0 Å². The molecule has 1 N–H and O–H groups in total. The van der Waals surface area contributed by atoms with E-state index in [1.807, 2.05) is 17.9 Å². The Morgan fingerprint density at radius 1 is 1.22 bits per heavy atom. The minimum Gasteiger partial charge on any atom is -0.314 e. The average Bonchev–Trinajstić information content (AvgIpc) is 2.78. The second-order valence-electron chi connectivity index (χ2n) is 4.83. The minimum absolute atomic E-state index is 0.577. The molecule has 0 aliphatic rings. The van der Waals surface area contributed by atoms with Crippen LogP contribution in [0.1, 0.15) is 36.6 Å². The van der Waals surface area contributed by atoms with Crippen LogP contribution >= 0.6 is 0 Å². The molecule has 1 aromatic heterocycles. The van der Waals surface area contributed by atoms with Crippen molar-refractivity contribution >= 4 is 0 Å². The number of rotatable bonds is 5. The monoisotopic (exact) mass is 244 g/mol. The van der Waals surface area contributed by atoms with Gasteiger partial charge in [-0.1, -0.05) is 43.3 Å². The zero-order valence-electron chi connectivity index (χ0n) is 11.2. The van der Waals surface area contributed by atoms with Crippen LogP contribution in [0.4, 0.5) is 0 Å². The lowest BCUT2D eigenvalue weighted by atomic mass is 10.0. The molecule has 1 heterocycles. The van der Waals surface area contributed by atoms with E-state index in [1.165, 1.54) is 11.1 Å². The third-order valence-corrected chi connectivity index (χ3v) is 2.93. The molecule has 0 bridgehead atoms. The van der Waals surface area contributed by atoms with Crippen LogP contribution in [0.2, 0.25) is 0 Å². The number of benzene rings is 1. The Balaban J connectivity index is 2.03. The van der Waals surface area contributed by atoms with Gasteiger partial charge in [0, 0.05) is 6.54 Å². The lowest BCUT2D eigenvalue weighted by molar-refractivity contribution is 0.648. The largest absolute Gasteiger partial charge is 0.314 e. The molecule has 0 amide bonds. The van der Waals surface area contributed by atoms with Crippen LogP contribution in [0, 0.1) is 0 Å². The van der Waals surface area contributed by atoms with Gasteiger partial charge in [-0.15, -0.1) is 5.10 Å². The van der Waals surface area contributed by atoms with E-state index in [0.717, 1.165) is 18.8 Å². The van der Waals surface area contributed by atoms with Crippen LogP contribution < -0.4 is 5.32 Å². The maximum atomic E-state index is 4.11. The SMILES string of the molecule is CNCc1cn(Cc2ccc(C(C)C)cc2)nn1. The van der Waals surface area contributed by atoms with E-state index in [0.29, 0.717) is 5.92 Å². The Bertz CT molecular complexity index is 485. The molecular weight excluding hydrogens is 224 g/mol. The maximum absolute atomic E-state index is 4.11. The quantitative estimate of drug-likeness (QED) is 0.876. The predicted octanol–water partition coefficient (Wildman–Crippen LogP) is 2.17. The molecule has 0 unspecified atom stereocenters. The van der Waals surface area contributed by atoms with Gasteiger partial charge in [0.1, 0.15) is 0 Å². The molecule has 0 aliphatic carbocycles. The van der Waals surface area contributed by atoms with Gasteiger partial charge in [-0.3, -0.25) is 0 Å². The number of hydrogen-bond acceptors (Lipinski definition) is 3. The van der Waals surface area contributed by atoms with Gasteiger partial charge in [-0.2, -0.15) is 0 Å². The summed E-state index contributed by atoms with van der Waals surface area (Å²) in [6.07, 6.45) is 1.98. The molecule has 4 heteroatoms. The van der Waals surface area contributed by atoms with Crippen molar-refractivity contribution in [3.63, 3.8) is 0 Å². The fourth-order valence-corrected chi connectivity index (χ4v) is 1.87. The number of nitrogens with one attached hydrogen (secondary N) is 1. The van der Waals surface area contributed by atoms with E-state index in [4.69, 9.17) is 0 Å². The van der Waals surface area contributed by atoms with E-state index < -0.39 is 0 Å². The highest BCUT2D eigenvalue weighted by Gasteiger charge is 2.02. The minimum atomic E-state index is 0.577. The molecule has 0 saturated carbocycles. The summed E-state index contributed by atoms with van der Waals surface area (Å²) in [6, 6.07) is 8.69. The zero-order chi connectivity index (χ0) is 13.0. The predicted molar refractivity (Wildman–Crippen MR) is 72.4 cm³/mol. The van der Waals surface area contributed by atoms with Crippen LogP contribution in [0.15, 0.2) is 30.5 Å². The molecular formula is C14H20N4. The highest BCUT2D eigenvalue weighted by molar-refractivity contribution is 5.24. The second-order valence-corrected chi connectivity index (χ2v) is 4.83. The molecule has 0 spiro atoms. The molecule has 2 aromatic rings. The normalized spacial score (nSPS) is 11.1. The fraction of sp³-hybridized carbons (Fsp3) is 0.429. The Morgan fingerprint density at radius 3 is 2.56 bits per heavy atom. The summed E-state index contributed by atoms with van der Waals surface area (Å²) in [6.45, 7) is 5.94. The molecule has 0 fully saturated rings. The molecule has 4 nitrogen and oxygen atoms in total. The first kappa shape index (κ1) is 12.8. The molecule has 96 valence electrons. The Kier molecular flexibility index (Phi) is 4.10. The van der Waals surface area contributed by atoms with Crippen molar-refractivity contribution in [3.8, 4) is 0 Å². The van der Waals surface area contributed by atoms with Crippen molar-refractivity contribution in [2.75, 3.05) is 7.05 Å². The number of aromatic nitrogens is 3. The summed E-state index contributed by atoms with van der Waals surface area (Å²) < 4.78 is 1.87. The summed E-state index contributed by atoms with van der Waals surface area (Å²) in [5.74, 6) is 0.577. The summed E-state index contributed by atoms with van der Waals surface area (Å²) in [4.78, 5) is 0. The van der Waals surface area contributed by atoms with Crippen LogP contribution in [0.5, 0.6) is 0 Å². The summed E-state index contributed by atoms with van der Waals surface area (Å²) in [5, 5.41) is 11.3. The van der Waals surface area contributed by atoms with Gasteiger partial charge >= 0.3 is 0 Å². The lowest BCUT2D eigenvalue weighted by Gasteiger charge is -2.06. The standard InChI is InChI=1S/C14H20N4/c1-11(2)13-6-4-12(5-7-13)9-18-10-14(8-15-3)16-17-18/h4-7,10-11,15H,8-9H2,1-3H3. The van der Waals surface area contributed by atoms with Crippen molar-refractivity contribution in [2.45, 2.75) is 32.9 Å². The van der Waals surface area contributed by atoms with E-state index in [9.17, 15) is 0 Å². The Morgan fingerprint density at radius 2 is 1.94 bits per heavy atom. The third-order valence-electron chi connectivity index (χ3n) is 2.93.